The molecule has 0 nitrogen and oxygen atoms in total. The molecule has 0 aliphatic rings. The summed E-state index contributed by atoms with van der Waals surface area (Å²) in [6, 6.07) is 0. The van der Waals surface area contributed by atoms with Crippen LogP contribution in [0.5, 0.6) is 0 Å². The van der Waals surface area contributed by atoms with Crippen molar-refractivity contribution in [2.24, 2.45) is 0 Å². The summed E-state index contributed by atoms with van der Waals surface area (Å²) in [5.74, 6) is 0. The Labute approximate surface area is 118 Å². The molecule has 0 rings (SSSR count). The topological polar surface area (TPSA) is 0 Å². The Morgan fingerprint density at radius 1 is 0.688 bits per heavy atom. The zero-order valence-corrected chi connectivity index (χ0v) is 16.6. The van der Waals surface area contributed by atoms with E-state index in [0.717, 1.165) is 3.59 Å². The summed E-state index contributed by atoms with van der Waals surface area (Å²) in [5.41, 5.74) is 0. The van der Waals surface area contributed by atoms with Crippen LogP contribution in [-0.2, 0) is 0 Å². The molecule has 0 N–H and O–H groups in total. The molecule has 2 heteroatoms. The van der Waals surface area contributed by atoms with Gasteiger partial charge in [-0.05, 0) is 0 Å². The first-order valence-corrected chi connectivity index (χ1v) is 9.93. The van der Waals surface area contributed by atoms with Gasteiger partial charge in [-0.15, -0.1) is 0 Å². The molecule has 0 aromatic rings. The first-order valence-electron chi connectivity index (χ1n) is 6.37. The van der Waals surface area contributed by atoms with Crippen LogP contribution in [-0.4, -0.2) is 30.4 Å². The molecule has 0 heterocycles. The minimum absolute atomic E-state index is 0.455. The van der Waals surface area contributed by atoms with E-state index in [0.29, 0.717) is 15.1 Å². The molecule has 0 saturated heterocycles. The van der Waals surface area contributed by atoms with E-state index in [2.05, 4.69) is 69.2 Å². The Morgan fingerprint density at radius 2 is 0.875 bits per heavy atom. The van der Waals surface area contributed by atoms with Crippen molar-refractivity contribution in [3.8, 4) is 0 Å². The van der Waals surface area contributed by atoms with Gasteiger partial charge in [-0.2, -0.15) is 0 Å². The van der Waals surface area contributed by atoms with Crippen molar-refractivity contribution >= 4 is 30.4 Å². The summed E-state index contributed by atoms with van der Waals surface area (Å²) >= 11 is 2.05. The van der Waals surface area contributed by atoms with Crippen LogP contribution in [0.15, 0.2) is 0 Å². The van der Waals surface area contributed by atoms with Crippen LogP contribution in [0, 0.1) is 0 Å². The maximum absolute atomic E-state index is 2.48. The average molecular weight is 356 g/mol. The first kappa shape index (κ1) is 17.0. The predicted molar refractivity (Wildman–Crippen MR) is 81.5 cm³/mol. The van der Waals surface area contributed by atoms with Gasteiger partial charge in [0.2, 0.25) is 0 Å². The second-order valence-electron chi connectivity index (χ2n) is 8.23. The minimum atomic E-state index is -1.46. The number of hydrogen-bond donors (Lipinski definition) is 0. The van der Waals surface area contributed by atoms with E-state index in [1.165, 1.54) is 0 Å². The molecular weight excluding hydrogens is 324 g/mol. The number of hydrogen-bond acceptors (Lipinski definition) is 0. The summed E-state index contributed by atoms with van der Waals surface area (Å²) in [4.78, 5) is 0. The molecule has 1 unspecified atom stereocenters. The third-order valence-electron chi connectivity index (χ3n) is 4.18. The van der Waals surface area contributed by atoms with Crippen molar-refractivity contribution < 1.29 is 0 Å². The Kier molecular flexibility index (Phi) is 4.88. The van der Waals surface area contributed by atoms with Gasteiger partial charge in [-0.25, -0.2) is 0 Å². The van der Waals surface area contributed by atoms with Crippen LogP contribution >= 0.6 is 0 Å². The maximum atomic E-state index is 2.48. The molecule has 0 bridgehead atoms. The Bertz CT molecular complexity index is 199. The van der Waals surface area contributed by atoms with Gasteiger partial charge in [-0.3, -0.25) is 0 Å². The molecule has 0 aliphatic carbocycles. The van der Waals surface area contributed by atoms with Crippen molar-refractivity contribution in [3.63, 3.8) is 0 Å². The number of rotatable bonds is 1. The summed E-state index contributed by atoms with van der Waals surface area (Å²) in [6.07, 6.45) is 0. The van der Waals surface area contributed by atoms with E-state index in [-0.39, 0.29) is 0 Å². The fraction of sp³-hybridized carbons (Fsp3) is 1.00. The molecule has 0 amide bonds. The Hall–Kier alpha value is 1.01. The second-order valence-corrected chi connectivity index (χ2v) is 18.9. The normalized spacial score (nSPS) is 17.4. The molecule has 1 atom stereocenters. The molecule has 0 radical (unpaired) electrons. The molecule has 0 spiro atoms. The summed E-state index contributed by atoms with van der Waals surface area (Å²) < 4.78 is 0.862. The van der Waals surface area contributed by atoms with Gasteiger partial charge >= 0.3 is 118 Å². The summed E-state index contributed by atoms with van der Waals surface area (Å²) in [5, 5.41) is 1.36. The van der Waals surface area contributed by atoms with Gasteiger partial charge in [0.25, 0.3) is 0 Å². The van der Waals surface area contributed by atoms with E-state index < -0.39 is 8.07 Å². The van der Waals surface area contributed by atoms with E-state index in [1.54, 1.807) is 0 Å². The van der Waals surface area contributed by atoms with Crippen LogP contribution in [0.3, 0.4) is 0 Å². The molecule has 0 aromatic carbocycles. The van der Waals surface area contributed by atoms with E-state index >= 15 is 0 Å². The molecule has 0 aliphatic heterocycles. The van der Waals surface area contributed by atoms with Crippen molar-refractivity contribution in [1.82, 2.24) is 0 Å². The third kappa shape index (κ3) is 2.55. The fourth-order valence-corrected chi connectivity index (χ4v) is 25.7. The zero-order chi connectivity index (χ0) is 13.6. The first-order chi connectivity index (χ1) is 6.69. The Morgan fingerprint density at radius 3 is 0.875 bits per heavy atom. The van der Waals surface area contributed by atoms with Crippen molar-refractivity contribution in [2.75, 3.05) is 0 Å². The van der Waals surface area contributed by atoms with Crippen LogP contribution in [0.25, 0.3) is 0 Å². The van der Waals surface area contributed by atoms with Gasteiger partial charge in [0, 0.05) is 0 Å². The van der Waals surface area contributed by atoms with Gasteiger partial charge in [0.1, 0.15) is 0 Å². The third-order valence-corrected chi connectivity index (χ3v) is 15.8. The molecule has 16 heavy (non-hydrogen) atoms. The van der Waals surface area contributed by atoms with Crippen molar-refractivity contribution in [1.29, 1.82) is 0 Å². The molecule has 0 saturated carbocycles. The van der Waals surface area contributed by atoms with E-state index in [4.69, 9.17) is 0 Å². The second kappa shape index (κ2) is 4.60. The fourth-order valence-electron chi connectivity index (χ4n) is 5.25. The molecule has 0 fully saturated rings. The summed E-state index contributed by atoms with van der Waals surface area (Å²) in [6.45, 7) is 24.8. The predicted octanol–water partition coefficient (Wildman–Crippen LogP) is 5.08. The summed E-state index contributed by atoms with van der Waals surface area (Å²) in [7, 11) is -1.46. The zero-order valence-electron chi connectivity index (χ0n) is 13.0. The molecular formula is C14H32SiTe. The quantitative estimate of drug-likeness (QED) is 0.575. The van der Waals surface area contributed by atoms with E-state index in [1.807, 2.05) is 22.3 Å². The van der Waals surface area contributed by atoms with Crippen LogP contribution in [0.2, 0.25) is 18.7 Å². The average Bonchev–Trinajstić information content (AvgIpc) is 1.71. The van der Waals surface area contributed by atoms with Crippen molar-refractivity contribution in [2.45, 2.75) is 87.9 Å². The molecule has 98 valence electrons. The SMILES string of the molecule is CC([TeH])[Si](C(C)(C)C)(C(C)(C)C)C(C)(C)C. The standard InChI is InChI=1S/C14H32SiTe/c1-11(16)15(12(2,3)4,13(5,6)7)14(8,9)10/h11,16H,1-10H3. The van der Waals surface area contributed by atoms with Gasteiger partial charge < -0.3 is 0 Å². The van der Waals surface area contributed by atoms with Crippen LogP contribution in [0.1, 0.15) is 69.2 Å². The van der Waals surface area contributed by atoms with Gasteiger partial charge in [0.15, 0.2) is 0 Å². The monoisotopic (exact) mass is 358 g/mol. The Balaban J connectivity index is 6.05. The van der Waals surface area contributed by atoms with Crippen LogP contribution in [0.4, 0.5) is 0 Å². The van der Waals surface area contributed by atoms with Gasteiger partial charge in [-0.1, -0.05) is 0 Å². The van der Waals surface area contributed by atoms with Gasteiger partial charge in [0.05, 0.1) is 0 Å². The van der Waals surface area contributed by atoms with Crippen LogP contribution < -0.4 is 0 Å². The molecule has 0 aromatic heterocycles. The van der Waals surface area contributed by atoms with E-state index in [9.17, 15) is 0 Å². The van der Waals surface area contributed by atoms with Crippen molar-refractivity contribution in [3.05, 3.63) is 0 Å².